The molecule has 1 aromatic rings. The fourth-order valence-corrected chi connectivity index (χ4v) is 1.17. The predicted octanol–water partition coefficient (Wildman–Crippen LogP) is 1.39. The Balaban J connectivity index is 3.08. The first kappa shape index (κ1) is 11.3. The van der Waals surface area contributed by atoms with E-state index >= 15 is 0 Å². The van der Waals surface area contributed by atoms with E-state index < -0.39 is 5.97 Å². The summed E-state index contributed by atoms with van der Waals surface area (Å²) >= 11 is 0. The van der Waals surface area contributed by atoms with E-state index in [9.17, 15) is 4.79 Å². The van der Waals surface area contributed by atoms with Crippen LogP contribution in [0.1, 0.15) is 27.9 Å². The van der Waals surface area contributed by atoms with Gasteiger partial charge in [-0.3, -0.25) is 0 Å². The third-order valence-electron chi connectivity index (χ3n) is 1.90. The van der Waals surface area contributed by atoms with Crippen molar-refractivity contribution in [3.05, 3.63) is 34.9 Å². The lowest BCUT2D eigenvalue weighted by molar-refractivity contribution is 0.0696. The van der Waals surface area contributed by atoms with Crippen molar-refractivity contribution in [2.24, 2.45) is 5.73 Å². The second-order valence-corrected chi connectivity index (χ2v) is 3.19. The van der Waals surface area contributed by atoms with Crippen LogP contribution >= 0.6 is 0 Å². The van der Waals surface area contributed by atoms with E-state index in [1.807, 2.05) is 13.0 Å². The molecule has 0 unspecified atom stereocenters. The van der Waals surface area contributed by atoms with Gasteiger partial charge in [-0.1, -0.05) is 23.5 Å². The van der Waals surface area contributed by atoms with Crippen LogP contribution in [0.3, 0.4) is 0 Å². The first-order chi connectivity index (χ1) is 7.15. The van der Waals surface area contributed by atoms with Crippen molar-refractivity contribution in [1.82, 2.24) is 0 Å². The van der Waals surface area contributed by atoms with Gasteiger partial charge in [0, 0.05) is 18.5 Å². The SMILES string of the molecule is Cc1ccc(C#CCCN)c(C(=O)O)c1. The van der Waals surface area contributed by atoms with Crippen molar-refractivity contribution >= 4 is 5.97 Å². The average Bonchev–Trinajstić information content (AvgIpc) is 2.20. The second-order valence-electron chi connectivity index (χ2n) is 3.19. The van der Waals surface area contributed by atoms with E-state index in [1.165, 1.54) is 0 Å². The number of aromatic carboxylic acids is 1. The third kappa shape index (κ3) is 3.12. The van der Waals surface area contributed by atoms with Gasteiger partial charge < -0.3 is 10.8 Å². The number of carbonyl (C=O) groups is 1. The fourth-order valence-electron chi connectivity index (χ4n) is 1.17. The van der Waals surface area contributed by atoms with Gasteiger partial charge >= 0.3 is 5.97 Å². The molecule has 0 spiro atoms. The maximum absolute atomic E-state index is 10.9. The summed E-state index contributed by atoms with van der Waals surface area (Å²) < 4.78 is 0. The van der Waals surface area contributed by atoms with Crippen LogP contribution in [0, 0.1) is 18.8 Å². The Bertz CT molecular complexity index is 427. The summed E-state index contributed by atoms with van der Waals surface area (Å²) in [6, 6.07) is 5.19. The Kier molecular flexibility index (Phi) is 3.90. The molecule has 0 saturated heterocycles. The van der Waals surface area contributed by atoms with Crippen LogP contribution < -0.4 is 5.73 Å². The summed E-state index contributed by atoms with van der Waals surface area (Å²) in [4.78, 5) is 10.9. The molecule has 0 bridgehead atoms. The number of hydrogen-bond acceptors (Lipinski definition) is 2. The number of carboxylic acid groups (broad SMARTS) is 1. The molecule has 3 heteroatoms. The molecule has 0 aromatic heterocycles. The van der Waals surface area contributed by atoms with Crippen molar-refractivity contribution < 1.29 is 9.90 Å². The van der Waals surface area contributed by atoms with Crippen LogP contribution in [0.4, 0.5) is 0 Å². The maximum atomic E-state index is 10.9. The summed E-state index contributed by atoms with van der Waals surface area (Å²) in [7, 11) is 0. The minimum atomic E-state index is -0.948. The number of aryl methyl sites for hydroxylation is 1. The number of benzene rings is 1. The molecule has 0 aliphatic heterocycles. The zero-order valence-electron chi connectivity index (χ0n) is 8.58. The Morgan fingerprint density at radius 3 is 2.87 bits per heavy atom. The van der Waals surface area contributed by atoms with Gasteiger partial charge in [-0.05, 0) is 19.1 Å². The normalized spacial score (nSPS) is 9.20. The van der Waals surface area contributed by atoms with E-state index in [4.69, 9.17) is 10.8 Å². The molecular formula is C12H13NO2. The lowest BCUT2D eigenvalue weighted by Crippen LogP contribution is -2.01. The Labute approximate surface area is 88.9 Å². The van der Waals surface area contributed by atoms with Crippen LogP contribution in [-0.4, -0.2) is 17.6 Å². The fraction of sp³-hybridized carbons (Fsp3) is 0.250. The third-order valence-corrected chi connectivity index (χ3v) is 1.90. The number of nitrogens with two attached hydrogens (primary N) is 1. The lowest BCUT2D eigenvalue weighted by atomic mass is 10.0. The second kappa shape index (κ2) is 5.18. The molecule has 0 heterocycles. The molecule has 1 rings (SSSR count). The lowest BCUT2D eigenvalue weighted by Gasteiger charge is -2.00. The van der Waals surface area contributed by atoms with Crippen LogP contribution in [0.5, 0.6) is 0 Å². The van der Waals surface area contributed by atoms with Gasteiger partial charge in [-0.25, -0.2) is 4.79 Å². The van der Waals surface area contributed by atoms with Gasteiger partial charge in [0.15, 0.2) is 0 Å². The summed E-state index contributed by atoms with van der Waals surface area (Å²) in [5.74, 6) is 4.69. The molecule has 0 aliphatic carbocycles. The molecular weight excluding hydrogens is 190 g/mol. The first-order valence-corrected chi connectivity index (χ1v) is 4.68. The van der Waals surface area contributed by atoms with E-state index in [0.29, 0.717) is 18.5 Å². The first-order valence-electron chi connectivity index (χ1n) is 4.68. The summed E-state index contributed by atoms with van der Waals surface area (Å²) in [6.07, 6.45) is 0.576. The smallest absolute Gasteiger partial charge is 0.336 e. The van der Waals surface area contributed by atoms with Gasteiger partial charge in [0.1, 0.15) is 0 Å². The van der Waals surface area contributed by atoms with Crippen LogP contribution in [0.15, 0.2) is 18.2 Å². The summed E-state index contributed by atoms with van der Waals surface area (Å²) in [5.41, 5.74) is 7.00. The van der Waals surface area contributed by atoms with Crippen LogP contribution in [-0.2, 0) is 0 Å². The number of hydrogen-bond donors (Lipinski definition) is 2. The molecule has 0 radical (unpaired) electrons. The monoisotopic (exact) mass is 203 g/mol. The molecule has 3 N–H and O–H groups in total. The van der Waals surface area contributed by atoms with Crippen LogP contribution in [0.2, 0.25) is 0 Å². The number of carboxylic acids is 1. The largest absolute Gasteiger partial charge is 0.478 e. The summed E-state index contributed by atoms with van der Waals surface area (Å²) in [6.45, 7) is 2.34. The minimum absolute atomic E-state index is 0.250. The standard InChI is InChI=1S/C12H13NO2/c1-9-5-6-10(4-2-3-7-13)11(8-9)12(14)15/h5-6,8H,3,7,13H2,1H3,(H,14,15). The Morgan fingerprint density at radius 1 is 1.53 bits per heavy atom. The van der Waals surface area contributed by atoms with Crippen molar-refractivity contribution in [3.8, 4) is 11.8 Å². The van der Waals surface area contributed by atoms with Crippen molar-refractivity contribution in [2.45, 2.75) is 13.3 Å². The number of rotatable bonds is 2. The highest BCUT2D eigenvalue weighted by Crippen LogP contribution is 2.10. The topological polar surface area (TPSA) is 63.3 Å². The van der Waals surface area contributed by atoms with Crippen LogP contribution in [0.25, 0.3) is 0 Å². The zero-order chi connectivity index (χ0) is 11.3. The minimum Gasteiger partial charge on any atom is -0.478 e. The van der Waals surface area contributed by atoms with E-state index in [2.05, 4.69) is 11.8 Å². The van der Waals surface area contributed by atoms with Crippen molar-refractivity contribution in [1.29, 1.82) is 0 Å². The molecule has 0 saturated carbocycles. The average molecular weight is 203 g/mol. The van der Waals surface area contributed by atoms with Crippen molar-refractivity contribution in [3.63, 3.8) is 0 Å². The Hall–Kier alpha value is -1.79. The van der Waals surface area contributed by atoms with Gasteiger partial charge in [0.25, 0.3) is 0 Å². The Morgan fingerprint density at radius 2 is 2.27 bits per heavy atom. The van der Waals surface area contributed by atoms with E-state index in [-0.39, 0.29) is 5.56 Å². The molecule has 78 valence electrons. The maximum Gasteiger partial charge on any atom is 0.336 e. The quantitative estimate of drug-likeness (QED) is 0.714. The molecule has 3 nitrogen and oxygen atoms in total. The highest BCUT2D eigenvalue weighted by molar-refractivity contribution is 5.91. The van der Waals surface area contributed by atoms with E-state index in [0.717, 1.165) is 5.56 Å². The molecule has 0 aliphatic rings. The van der Waals surface area contributed by atoms with Gasteiger partial charge in [-0.2, -0.15) is 0 Å². The van der Waals surface area contributed by atoms with E-state index in [1.54, 1.807) is 12.1 Å². The molecule has 15 heavy (non-hydrogen) atoms. The van der Waals surface area contributed by atoms with Gasteiger partial charge in [0.2, 0.25) is 0 Å². The molecule has 0 atom stereocenters. The molecule has 0 amide bonds. The van der Waals surface area contributed by atoms with Gasteiger partial charge in [-0.15, -0.1) is 0 Å². The molecule has 0 fully saturated rings. The zero-order valence-corrected chi connectivity index (χ0v) is 8.58. The van der Waals surface area contributed by atoms with Crippen molar-refractivity contribution in [2.75, 3.05) is 6.54 Å². The summed E-state index contributed by atoms with van der Waals surface area (Å²) in [5, 5.41) is 8.95. The van der Waals surface area contributed by atoms with Gasteiger partial charge in [0.05, 0.1) is 5.56 Å². The molecule has 1 aromatic carbocycles. The predicted molar refractivity (Wildman–Crippen MR) is 58.7 cm³/mol. The highest BCUT2D eigenvalue weighted by Gasteiger charge is 2.07. The highest BCUT2D eigenvalue weighted by atomic mass is 16.4.